The number of carbonyl (C=O) groups excluding carboxylic acids is 1. The van der Waals surface area contributed by atoms with Gasteiger partial charge in [0.1, 0.15) is 5.76 Å². The Hall–Kier alpha value is -1.66. The minimum Gasteiger partial charge on any atom is -0.370 e. The fraction of sp³-hybridized carbons (Fsp3) is 0.714. The average molecular weight is 373 g/mol. The molecule has 6 nitrogen and oxygen atoms in total. The Balaban J connectivity index is 1.31. The van der Waals surface area contributed by atoms with Crippen molar-refractivity contribution < 1.29 is 14.1 Å². The Morgan fingerprint density at radius 3 is 3.07 bits per heavy atom. The molecule has 4 rings (SSSR count). The van der Waals surface area contributed by atoms with Crippen molar-refractivity contribution in [1.29, 1.82) is 0 Å². The minimum absolute atomic E-state index is 0.00128. The largest absolute Gasteiger partial charge is 0.370 e. The van der Waals surface area contributed by atoms with Crippen LogP contribution in [0, 0.1) is 18.8 Å². The highest BCUT2D eigenvalue weighted by Gasteiger charge is 2.62. The maximum Gasteiger partial charge on any atom is 0.227 e. The van der Waals surface area contributed by atoms with Crippen LogP contribution in [0.25, 0.3) is 0 Å². The van der Waals surface area contributed by atoms with Crippen LogP contribution < -0.4 is 5.32 Å². The van der Waals surface area contributed by atoms with Gasteiger partial charge in [-0.3, -0.25) is 9.69 Å². The molecule has 3 aliphatic rings. The van der Waals surface area contributed by atoms with Crippen molar-refractivity contribution in [3.8, 4) is 0 Å². The van der Waals surface area contributed by atoms with Crippen LogP contribution in [-0.2, 0) is 16.0 Å². The molecule has 0 aliphatic carbocycles. The van der Waals surface area contributed by atoms with Gasteiger partial charge in [-0.25, -0.2) is 0 Å². The van der Waals surface area contributed by atoms with Gasteiger partial charge in [0.2, 0.25) is 5.91 Å². The smallest absolute Gasteiger partial charge is 0.227 e. The molecule has 1 spiro atoms. The number of nitrogens with one attached hydrogen (secondary N) is 1. The van der Waals surface area contributed by atoms with E-state index >= 15 is 0 Å². The van der Waals surface area contributed by atoms with E-state index in [2.05, 4.69) is 35.3 Å². The minimum atomic E-state index is 0.00128. The van der Waals surface area contributed by atoms with Gasteiger partial charge >= 0.3 is 0 Å². The molecule has 4 atom stereocenters. The molecule has 27 heavy (non-hydrogen) atoms. The second kappa shape index (κ2) is 7.40. The van der Waals surface area contributed by atoms with E-state index < -0.39 is 0 Å². The molecular formula is C21H31N3O3. The predicted octanol–water partition coefficient (Wildman–Crippen LogP) is 2.48. The number of carbonyl (C=O) groups is 1. The molecule has 3 aliphatic heterocycles. The molecule has 2 bridgehead atoms. The molecule has 0 radical (unpaired) electrons. The quantitative estimate of drug-likeness (QED) is 0.744. The fourth-order valence-electron chi connectivity index (χ4n) is 5.22. The first-order valence-electron chi connectivity index (χ1n) is 10.2. The zero-order chi connectivity index (χ0) is 19.0. The maximum atomic E-state index is 12.3. The third-order valence-corrected chi connectivity index (χ3v) is 6.40. The monoisotopic (exact) mass is 373 g/mol. The number of hydrogen-bond acceptors (Lipinski definition) is 5. The summed E-state index contributed by atoms with van der Waals surface area (Å²) in [5.41, 5.74) is 2.22. The molecule has 1 amide bonds. The topological polar surface area (TPSA) is 67.6 Å². The van der Waals surface area contributed by atoms with Crippen molar-refractivity contribution in [2.75, 3.05) is 26.2 Å². The standard InChI is InChI=1S/C21H31N3O3/c1-14(2)5-4-8-24-12-18-17(19-6-7-21(18,13-24)26-19)11-22-20(25)10-16-9-15(3)23-27-16/h5,9,17-19H,4,6-8,10-13H2,1-3H3,(H,22,25)/t17-,18+,19+,21+/m0/s1. The van der Waals surface area contributed by atoms with Gasteiger partial charge in [-0.15, -0.1) is 0 Å². The molecule has 148 valence electrons. The molecule has 3 fully saturated rings. The molecule has 1 aromatic heterocycles. The number of nitrogens with zero attached hydrogens (tertiary/aromatic N) is 2. The van der Waals surface area contributed by atoms with E-state index in [4.69, 9.17) is 9.26 Å². The summed E-state index contributed by atoms with van der Waals surface area (Å²) >= 11 is 0. The van der Waals surface area contributed by atoms with Crippen molar-refractivity contribution in [1.82, 2.24) is 15.4 Å². The van der Waals surface area contributed by atoms with Crippen molar-refractivity contribution in [2.24, 2.45) is 11.8 Å². The van der Waals surface area contributed by atoms with E-state index in [9.17, 15) is 4.79 Å². The van der Waals surface area contributed by atoms with Crippen LogP contribution in [0.5, 0.6) is 0 Å². The second-order valence-electron chi connectivity index (χ2n) is 8.75. The number of allylic oxidation sites excluding steroid dienone is 1. The Kier molecular flexibility index (Phi) is 5.12. The number of likely N-dealkylation sites (tertiary alicyclic amines) is 1. The number of aryl methyl sites for hydroxylation is 1. The number of fused-ring (bicyclic) bond motifs is 1. The van der Waals surface area contributed by atoms with Crippen LogP contribution in [-0.4, -0.2) is 53.8 Å². The Bertz CT molecular complexity index is 724. The van der Waals surface area contributed by atoms with Gasteiger partial charge in [0.25, 0.3) is 0 Å². The lowest BCUT2D eigenvalue weighted by Gasteiger charge is -2.29. The number of ether oxygens (including phenoxy) is 1. The van der Waals surface area contributed by atoms with Crippen LogP contribution in [0.4, 0.5) is 0 Å². The highest BCUT2D eigenvalue weighted by Crippen LogP contribution is 2.54. The van der Waals surface area contributed by atoms with E-state index in [1.165, 1.54) is 12.0 Å². The Labute approximate surface area is 161 Å². The van der Waals surface area contributed by atoms with Crippen molar-refractivity contribution in [3.05, 3.63) is 29.2 Å². The van der Waals surface area contributed by atoms with E-state index in [0.29, 0.717) is 30.2 Å². The fourth-order valence-corrected chi connectivity index (χ4v) is 5.22. The van der Waals surface area contributed by atoms with Gasteiger partial charge < -0.3 is 14.6 Å². The highest BCUT2D eigenvalue weighted by atomic mass is 16.5. The van der Waals surface area contributed by atoms with Crippen molar-refractivity contribution in [3.63, 3.8) is 0 Å². The first kappa shape index (κ1) is 18.7. The summed E-state index contributed by atoms with van der Waals surface area (Å²) in [5, 5.41) is 6.95. The van der Waals surface area contributed by atoms with Crippen LogP contribution in [0.1, 0.15) is 44.6 Å². The van der Waals surface area contributed by atoms with Gasteiger partial charge in [0.05, 0.1) is 23.8 Å². The summed E-state index contributed by atoms with van der Waals surface area (Å²) in [5.74, 6) is 1.58. The number of hydrogen-bond donors (Lipinski definition) is 1. The van der Waals surface area contributed by atoms with Gasteiger partial charge in [0, 0.05) is 44.1 Å². The first-order chi connectivity index (χ1) is 12.9. The summed E-state index contributed by atoms with van der Waals surface area (Å²) in [6.45, 7) is 10.1. The van der Waals surface area contributed by atoms with Crippen LogP contribution >= 0.6 is 0 Å². The SMILES string of the molecule is CC(C)=CCCN1C[C@@H]2[C@H](CNC(=O)Cc3cc(C)no3)[C@H]3CC[C@]2(C1)O3. The van der Waals surface area contributed by atoms with E-state index in [1.807, 2.05) is 13.0 Å². The molecule has 4 heterocycles. The van der Waals surface area contributed by atoms with Gasteiger partial charge in [-0.1, -0.05) is 16.8 Å². The number of amides is 1. The summed E-state index contributed by atoms with van der Waals surface area (Å²) < 4.78 is 11.6. The number of aromatic nitrogens is 1. The molecular weight excluding hydrogens is 342 g/mol. The third-order valence-electron chi connectivity index (χ3n) is 6.40. The lowest BCUT2D eigenvalue weighted by Crippen LogP contribution is -2.42. The van der Waals surface area contributed by atoms with Crippen molar-refractivity contribution >= 4 is 5.91 Å². The third kappa shape index (κ3) is 3.83. The molecule has 3 saturated heterocycles. The molecule has 0 unspecified atom stereocenters. The van der Waals surface area contributed by atoms with Crippen LogP contribution in [0.3, 0.4) is 0 Å². The Morgan fingerprint density at radius 2 is 2.33 bits per heavy atom. The maximum absolute atomic E-state index is 12.3. The highest BCUT2D eigenvalue weighted by molar-refractivity contribution is 5.77. The summed E-state index contributed by atoms with van der Waals surface area (Å²) in [6.07, 6.45) is 6.27. The molecule has 6 heteroatoms. The Morgan fingerprint density at radius 1 is 1.48 bits per heavy atom. The number of rotatable bonds is 7. The van der Waals surface area contributed by atoms with Crippen LogP contribution in [0.15, 0.2) is 22.2 Å². The van der Waals surface area contributed by atoms with E-state index in [1.54, 1.807) is 0 Å². The summed E-state index contributed by atoms with van der Waals surface area (Å²) in [6, 6.07) is 1.82. The summed E-state index contributed by atoms with van der Waals surface area (Å²) in [4.78, 5) is 14.8. The lowest BCUT2D eigenvalue weighted by atomic mass is 9.73. The lowest BCUT2D eigenvalue weighted by molar-refractivity contribution is -0.121. The zero-order valence-electron chi connectivity index (χ0n) is 16.7. The first-order valence-corrected chi connectivity index (χ1v) is 10.2. The average Bonchev–Trinajstić information content (AvgIpc) is 3.33. The zero-order valence-corrected chi connectivity index (χ0v) is 16.7. The van der Waals surface area contributed by atoms with Gasteiger partial charge in [-0.2, -0.15) is 0 Å². The summed E-state index contributed by atoms with van der Waals surface area (Å²) in [7, 11) is 0. The normalized spacial score (nSPS) is 31.9. The molecule has 0 saturated carbocycles. The van der Waals surface area contributed by atoms with E-state index in [-0.39, 0.29) is 17.9 Å². The van der Waals surface area contributed by atoms with Gasteiger partial charge in [-0.05, 0) is 40.0 Å². The second-order valence-corrected chi connectivity index (χ2v) is 8.75. The van der Waals surface area contributed by atoms with Crippen molar-refractivity contribution in [2.45, 2.75) is 58.2 Å². The van der Waals surface area contributed by atoms with E-state index in [0.717, 1.165) is 38.2 Å². The molecule has 0 aromatic carbocycles. The molecule has 1 N–H and O–H groups in total. The van der Waals surface area contributed by atoms with Crippen LogP contribution in [0.2, 0.25) is 0 Å². The van der Waals surface area contributed by atoms with Gasteiger partial charge in [0.15, 0.2) is 0 Å². The molecule has 1 aromatic rings. The predicted molar refractivity (Wildman–Crippen MR) is 102 cm³/mol.